The Hall–Kier alpha value is -2.39. The van der Waals surface area contributed by atoms with E-state index in [-0.39, 0.29) is 24.2 Å². The number of hydrogen-bond donors (Lipinski definition) is 1. The zero-order valence-corrected chi connectivity index (χ0v) is 19.2. The van der Waals surface area contributed by atoms with Crippen LogP contribution < -0.4 is 0 Å². The Morgan fingerprint density at radius 2 is 2.03 bits per heavy atom. The minimum atomic E-state index is -0.301. The molecule has 1 N–H and O–H groups in total. The number of amides is 1. The molecule has 2 atom stereocenters. The maximum Gasteiger partial charge on any atom is 0.410 e. The minimum absolute atomic E-state index is 0.0216. The lowest BCUT2D eigenvalue weighted by Gasteiger charge is -2.23. The molecule has 2 aliphatic heterocycles. The molecule has 1 aromatic heterocycles. The molecule has 160 valence electrons. The number of aromatic nitrogens is 2. The molecule has 0 bridgehead atoms. The molecular weight excluding hydrogens is 505 g/mol. The fraction of sp³-hybridized carbons (Fsp3) is 0.333. The zero-order valence-electron chi connectivity index (χ0n) is 17.1. The lowest BCUT2D eigenvalue weighted by molar-refractivity contribution is 0.0868. The van der Waals surface area contributed by atoms with Crippen LogP contribution in [0.15, 0.2) is 60.8 Å². The van der Waals surface area contributed by atoms with Crippen LogP contribution in [0.5, 0.6) is 0 Å². The predicted molar refractivity (Wildman–Crippen MR) is 125 cm³/mol. The Morgan fingerprint density at radius 1 is 1.23 bits per heavy atom. The summed E-state index contributed by atoms with van der Waals surface area (Å²) in [4.78, 5) is 23.1. The van der Waals surface area contributed by atoms with Gasteiger partial charge in [0, 0.05) is 33.9 Å². The number of benzene rings is 2. The second kappa shape index (κ2) is 8.63. The molecular formula is C24H24IN3O3. The van der Waals surface area contributed by atoms with Gasteiger partial charge in [0.1, 0.15) is 12.4 Å². The molecule has 2 fully saturated rings. The highest BCUT2D eigenvalue weighted by Gasteiger charge is 2.50. The maximum absolute atomic E-state index is 13.1. The Labute approximate surface area is 195 Å². The molecule has 0 aliphatic carbocycles. The van der Waals surface area contributed by atoms with E-state index in [0.29, 0.717) is 13.2 Å². The Kier molecular flexibility index (Phi) is 5.71. The number of halogens is 1. The van der Waals surface area contributed by atoms with Crippen LogP contribution >= 0.6 is 22.6 Å². The van der Waals surface area contributed by atoms with Gasteiger partial charge in [0.25, 0.3) is 0 Å². The van der Waals surface area contributed by atoms with Gasteiger partial charge in [-0.1, -0.05) is 42.5 Å². The third-order valence-corrected chi connectivity index (χ3v) is 6.91. The smallest absolute Gasteiger partial charge is 0.410 e. The SMILES string of the molecule is O=C(OCc1ccccc1)N1CC2(CCOC2)CC1c1nc(-c2ccc(I)cc2)c[nH]1. The van der Waals surface area contributed by atoms with Gasteiger partial charge in [-0.15, -0.1) is 0 Å². The van der Waals surface area contributed by atoms with Gasteiger partial charge < -0.3 is 14.5 Å². The van der Waals surface area contributed by atoms with Crippen molar-refractivity contribution in [2.75, 3.05) is 19.8 Å². The van der Waals surface area contributed by atoms with Gasteiger partial charge >= 0.3 is 6.09 Å². The number of ether oxygens (including phenoxy) is 2. The van der Waals surface area contributed by atoms with E-state index in [4.69, 9.17) is 14.5 Å². The summed E-state index contributed by atoms with van der Waals surface area (Å²) in [5.74, 6) is 0.800. The zero-order chi connectivity index (χ0) is 21.3. The van der Waals surface area contributed by atoms with E-state index in [2.05, 4.69) is 51.8 Å². The lowest BCUT2D eigenvalue weighted by atomic mass is 9.85. The van der Waals surface area contributed by atoms with Crippen molar-refractivity contribution in [1.82, 2.24) is 14.9 Å². The highest BCUT2D eigenvalue weighted by atomic mass is 127. The van der Waals surface area contributed by atoms with E-state index >= 15 is 0 Å². The number of H-pyrrole nitrogens is 1. The standard InChI is InChI=1S/C24H24IN3O3/c25-19-8-6-18(7-9-19)20-13-26-22(27-20)21-12-24(10-11-30-16-24)15-28(21)23(29)31-14-17-4-2-1-3-5-17/h1-9,13,21H,10-12,14-16H2,(H,26,27). The van der Waals surface area contributed by atoms with Gasteiger partial charge in [0.15, 0.2) is 0 Å². The highest BCUT2D eigenvalue weighted by molar-refractivity contribution is 14.1. The summed E-state index contributed by atoms with van der Waals surface area (Å²) in [5, 5.41) is 0. The number of likely N-dealkylation sites (tertiary alicyclic amines) is 1. The first-order chi connectivity index (χ1) is 15.1. The number of hydrogen-bond acceptors (Lipinski definition) is 4. The van der Waals surface area contributed by atoms with Crippen molar-refractivity contribution in [2.24, 2.45) is 5.41 Å². The van der Waals surface area contributed by atoms with Crippen LogP contribution in [0.1, 0.15) is 30.3 Å². The molecule has 6 nitrogen and oxygen atoms in total. The number of nitrogens with one attached hydrogen (secondary N) is 1. The molecule has 2 aromatic carbocycles. The average Bonchev–Trinajstić information content (AvgIpc) is 3.54. The van der Waals surface area contributed by atoms with E-state index in [1.54, 1.807) is 0 Å². The predicted octanol–water partition coefficient (Wildman–Crippen LogP) is 5.17. The molecule has 2 unspecified atom stereocenters. The highest BCUT2D eigenvalue weighted by Crippen LogP contribution is 2.47. The van der Waals surface area contributed by atoms with Gasteiger partial charge in [0.05, 0.1) is 18.3 Å². The summed E-state index contributed by atoms with van der Waals surface area (Å²) in [5.41, 5.74) is 2.89. The number of carbonyl (C=O) groups excluding carboxylic acids is 1. The van der Waals surface area contributed by atoms with Crippen molar-refractivity contribution in [3.8, 4) is 11.3 Å². The van der Waals surface area contributed by atoms with Gasteiger partial charge in [-0.25, -0.2) is 9.78 Å². The van der Waals surface area contributed by atoms with E-state index in [0.717, 1.165) is 42.1 Å². The topological polar surface area (TPSA) is 67.4 Å². The first-order valence-electron chi connectivity index (χ1n) is 10.5. The number of rotatable bonds is 4. The van der Waals surface area contributed by atoms with Gasteiger partial charge in [-0.2, -0.15) is 0 Å². The van der Waals surface area contributed by atoms with Crippen molar-refractivity contribution >= 4 is 28.7 Å². The maximum atomic E-state index is 13.1. The van der Waals surface area contributed by atoms with Crippen molar-refractivity contribution < 1.29 is 14.3 Å². The molecule has 1 amide bonds. The van der Waals surface area contributed by atoms with Crippen LogP contribution in [0, 0.1) is 8.99 Å². The summed E-state index contributed by atoms with van der Waals surface area (Å²) in [7, 11) is 0. The molecule has 2 aliphatic rings. The summed E-state index contributed by atoms with van der Waals surface area (Å²) in [6.07, 6.45) is 3.40. The van der Waals surface area contributed by atoms with Crippen LogP contribution in [0.25, 0.3) is 11.3 Å². The van der Waals surface area contributed by atoms with E-state index in [1.165, 1.54) is 3.57 Å². The van der Waals surface area contributed by atoms with Crippen LogP contribution in [0.4, 0.5) is 4.79 Å². The summed E-state index contributed by atoms with van der Waals surface area (Å²) >= 11 is 2.29. The number of carbonyl (C=O) groups is 1. The summed E-state index contributed by atoms with van der Waals surface area (Å²) < 4.78 is 12.6. The number of nitrogens with zero attached hydrogens (tertiary/aromatic N) is 2. The van der Waals surface area contributed by atoms with Crippen LogP contribution in [0.3, 0.4) is 0 Å². The van der Waals surface area contributed by atoms with Crippen LogP contribution in [-0.2, 0) is 16.1 Å². The molecule has 0 saturated carbocycles. The van der Waals surface area contributed by atoms with Crippen molar-refractivity contribution in [3.05, 3.63) is 75.8 Å². The molecule has 2 saturated heterocycles. The van der Waals surface area contributed by atoms with Gasteiger partial charge in [-0.3, -0.25) is 4.90 Å². The largest absolute Gasteiger partial charge is 0.445 e. The molecule has 1 spiro atoms. The van der Waals surface area contributed by atoms with E-state index in [9.17, 15) is 4.79 Å². The lowest BCUT2D eigenvalue weighted by Crippen LogP contribution is -2.34. The Morgan fingerprint density at radius 3 is 2.77 bits per heavy atom. The first-order valence-corrected chi connectivity index (χ1v) is 11.6. The monoisotopic (exact) mass is 529 g/mol. The van der Waals surface area contributed by atoms with Crippen LogP contribution in [-0.4, -0.2) is 40.7 Å². The Balaban J connectivity index is 1.37. The third kappa shape index (κ3) is 4.34. The molecule has 5 rings (SSSR count). The molecule has 0 radical (unpaired) electrons. The third-order valence-electron chi connectivity index (χ3n) is 6.19. The van der Waals surface area contributed by atoms with Crippen molar-refractivity contribution in [1.29, 1.82) is 0 Å². The van der Waals surface area contributed by atoms with E-state index in [1.807, 2.05) is 41.4 Å². The van der Waals surface area contributed by atoms with Crippen molar-refractivity contribution in [3.63, 3.8) is 0 Å². The van der Waals surface area contributed by atoms with Crippen molar-refractivity contribution in [2.45, 2.75) is 25.5 Å². The normalized spacial score (nSPS) is 22.9. The second-order valence-corrected chi connectivity index (χ2v) is 9.61. The average molecular weight is 529 g/mol. The number of aromatic amines is 1. The molecule has 3 aromatic rings. The fourth-order valence-corrected chi connectivity index (χ4v) is 4.87. The second-order valence-electron chi connectivity index (χ2n) is 8.37. The summed E-state index contributed by atoms with van der Waals surface area (Å²) in [6, 6.07) is 17.9. The van der Waals surface area contributed by atoms with Gasteiger partial charge in [-0.05, 0) is 53.1 Å². The molecule has 7 heteroatoms. The first kappa shape index (κ1) is 20.5. The van der Waals surface area contributed by atoms with Gasteiger partial charge in [0.2, 0.25) is 0 Å². The fourth-order valence-electron chi connectivity index (χ4n) is 4.51. The number of imidazole rings is 1. The Bertz CT molecular complexity index is 1050. The van der Waals surface area contributed by atoms with Crippen LogP contribution in [0.2, 0.25) is 0 Å². The van der Waals surface area contributed by atoms with E-state index < -0.39 is 0 Å². The molecule has 3 heterocycles. The minimum Gasteiger partial charge on any atom is -0.445 e. The summed E-state index contributed by atoms with van der Waals surface area (Å²) in [6.45, 7) is 2.31. The molecule has 31 heavy (non-hydrogen) atoms. The quantitative estimate of drug-likeness (QED) is 0.474.